The van der Waals surface area contributed by atoms with Gasteiger partial charge in [-0.05, 0) is 66.7 Å². The number of piperidine rings is 1. The van der Waals surface area contributed by atoms with E-state index in [9.17, 15) is 22.8 Å². The van der Waals surface area contributed by atoms with Gasteiger partial charge in [-0.2, -0.15) is 0 Å². The topological polar surface area (TPSA) is 83.4 Å². The maximum absolute atomic E-state index is 15.0. The van der Waals surface area contributed by atoms with Gasteiger partial charge in [0.2, 0.25) is 0 Å². The normalized spacial score (nSPS) is 20.5. The number of aryl methyl sites for hydroxylation is 1. The van der Waals surface area contributed by atoms with E-state index in [4.69, 9.17) is 0 Å². The summed E-state index contributed by atoms with van der Waals surface area (Å²) in [6.07, 6.45) is 1.73. The number of nitrogens with one attached hydrogen (secondary N) is 1. The second-order valence-electron chi connectivity index (χ2n) is 11.9. The van der Waals surface area contributed by atoms with E-state index >= 15 is 0 Å². The van der Waals surface area contributed by atoms with E-state index in [1.807, 2.05) is 23.6 Å². The number of imidazole rings is 1. The van der Waals surface area contributed by atoms with Gasteiger partial charge in [0.1, 0.15) is 6.17 Å². The van der Waals surface area contributed by atoms with Crippen molar-refractivity contribution in [3.8, 4) is 11.1 Å². The van der Waals surface area contributed by atoms with Gasteiger partial charge in [-0.1, -0.05) is 31.2 Å². The molecule has 3 atom stereocenters. The number of halogens is 3. The highest BCUT2D eigenvalue weighted by atomic mass is 32.1. The van der Waals surface area contributed by atoms with E-state index in [0.717, 1.165) is 37.3 Å². The number of likely N-dealkylation sites (tertiary alicyclic amines) is 1. The summed E-state index contributed by atoms with van der Waals surface area (Å²) < 4.78 is 46.1. The first-order valence-electron chi connectivity index (χ1n) is 15.3. The summed E-state index contributed by atoms with van der Waals surface area (Å²) >= 11 is 1.24. The van der Waals surface area contributed by atoms with Crippen LogP contribution in [0.5, 0.6) is 0 Å². The number of rotatable bonds is 8. The zero-order valence-electron chi connectivity index (χ0n) is 24.8. The van der Waals surface area contributed by atoms with Crippen molar-refractivity contribution in [2.75, 3.05) is 25.0 Å². The van der Waals surface area contributed by atoms with Gasteiger partial charge in [-0.15, -0.1) is 11.3 Å². The number of carbonyl (C=O) groups is 2. The molecule has 1 N–H and O–H groups in total. The molecule has 3 aliphatic rings. The van der Waals surface area contributed by atoms with Gasteiger partial charge in [0, 0.05) is 53.9 Å². The van der Waals surface area contributed by atoms with Crippen molar-refractivity contribution in [1.82, 2.24) is 24.3 Å². The van der Waals surface area contributed by atoms with E-state index in [1.165, 1.54) is 22.3 Å². The third-order valence-electron chi connectivity index (χ3n) is 9.36. The first-order chi connectivity index (χ1) is 21.8. The maximum atomic E-state index is 15.0. The van der Waals surface area contributed by atoms with Crippen molar-refractivity contribution in [1.29, 1.82) is 0 Å². The number of amides is 2. The van der Waals surface area contributed by atoms with Gasteiger partial charge in [-0.3, -0.25) is 14.9 Å². The Balaban J connectivity index is 1.21. The second kappa shape index (κ2) is 12.1. The van der Waals surface area contributed by atoms with Gasteiger partial charge in [0.25, 0.3) is 18.2 Å². The fourth-order valence-corrected chi connectivity index (χ4v) is 7.52. The van der Waals surface area contributed by atoms with Gasteiger partial charge in [-0.25, -0.2) is 23.1 Å². The number of hydrogen-bond donors (Lipinski definition) is 1. The van der Waals surface area contributed by atoms with Crippen LogP contribution in [0, 0.1) is 0 Å². The molecule has 12 heteroatoms. The van der Waals surface area contributed by atoms with Crippen LogP contribution in [0.1, 0.15) is 76.6 Å². The van der Waals surface area contributed by atoms with Crippen molar-refractivity contribution < 1.29 is 22.8 Å². The summed E-state index contributed by atoms with van der Waals surface area (Å²) in [4.78, 5) is 39.9. The lowest BCUT2D eigenvalue weighted by Crippen LogP contribution is -2.40. The molecule has 0 spiro atoms. The molecule has 2 aromatic heterocycles. The van der Waals surface area contributed by atoms with Crippen LogP contribution in [-0.2, 0) is 24.3 Å². The van der Waals surface area contributed by atoms with Gasteiger partial charge < -0.3 is 14.4 Å². The Bertz CT molecular complexity index is 1720. The molecule has 7 rings (SSSR count). The largest absolute Gasteiger partial charge is 0.334 e. The Labute approximate surface area is 262 Å². The lowest BCUT2D eigenvalue weighted by molar-refractivity contribution is -0.121. The second-order valence-corrected chi connectivity index (χ2v) is 12.7. The van der Waals surface area contributed by atoms with Crippen molar-refractivity contribution in [2.45, 2.75) is 63.8 Å². The minimum absolute atomic E-state index is 0.144. The molecule has 2 unspecified atom stereocenters. The standard InChI is InChI=1S/C33H33F3N6O2S/c1-2-40-12-9-22(26(34)17-40)20-7-5-19(6-8-20)21-14-23(30(35)36)25-16-42(32(44)24(25)15-21)29(31(43)39-33-37-10-13-45-33)28-27-4-3-11-41(27)18-38-28/h5-8,10,13-15,18,22,26,29-30H,2-4,9,11-12,16-17H2,1H3,(H,37,39,43)/t22?,26-,29?/m0/s1. The minimum Gasteiger partial charge on any atom is -0.334 e. The quantitative estimate of drug-likeness (QED) is 0.244. The molecule has 0 saturated carbocycles. The fraction of sp³-hybridized carbons (Fsp3) is 0.394. The molecular weight excluding hydrogens is 601 g/mol. The Kier molecular flexibility index (Phi) is 7.95. The molecule has 8 nitrogen and oxygen atoms in total. The monoisotopic (exact) mass is 634 g/mol. The summed E-state index contributed by atoms with van der Waals surface area (Å²) in [5.41, 5.74) is 3.42. The smallest absolute Gasteiger partial charge is 0.264 e. The van der Waals surface area contributed by atoms with Gasteiger partial charge >= 0.3 is 0 Å². The Hall–Kier alpha value is -4.03. The summed E-state index contributed by atoms with van der Waals surface area (Å²) in [5.74, 6) is -1.22. The Morgan fingerprint density at radius 1 is 1.13 bits per heavy atom. The highest BCUT2D eigenvalue weighted by Crippen LogP contribution is 2.41. The van der Waals surface area contributed by atoms with E-state index in [1.54, 1.807) is 36.1 Å². The number of hydrogen-bond acceptors (Lipinski definition) is 6. The molecule has 0 aliphatic carbocycles. The molecular formula is C33H33F3N6O2S. The lowest BCUT2D eigenvalue weighted by Gasteiger charge is -2.34. The van der Waals surface area contributed by atoms with Gasteiger partial charge in [0.05, 0.1) is 12.0 Å². The van der Waals surface area contributed by atoms with Crippen LogP contribution in [0.2, 0.25) is 0 Å². The minimum atomic E-state index is -2.83. The third kappa shape index (κ3) is 5.43. The number of aromatic nitrogens is 3. The number of anilines is 1. The first-order valence-corrected chi connectivity index (χ1v) is 16.2. The molecule has 1 fully saturated rings. The first kappa shape index (κ1) is 29.7. The summed E-state index contributed by atoms with van der Waals surface area (Å²) in [6, 6.07) is 9.26. The van der Waals surface area contributed by atoms with Crippen LogP contribution in [0.4, 0.5) is 18.3 Å². The van der Waals surface area contributed by atoms with Crippen molar-refractivity contribution in [2.24, 2.45) is 0 Å². The maximum Gasteiger partial charge on any atom is 0.264 e. The van der Waals surface area contributed by atoms with Crippen LogP contribution in [-0.4, -0.2) is 62.0 Å². The van der Waals surface area contributed by atoms with Crippen LogP contribution >= 0.6 is 11.3 Å². The van der Waals surface area contributed by atoms with Gasteiger partial charge in [0.15, 0.2) is 11.2 Å². The van der Waals surface area contributed by atoms with E-state index in [0.29, 0.717) is 41.3 Å². The Morgan fingerprint density at radius 2 is 1.96 bits per heavy atom. The molecule has 1 saturated heterocycles. The van der Waals surface area contributed by atoms with Crippen molar-refractivity contribution >= 4 is 28.3 Å². The van der Waals surface area contributed by atoms with E-state index in [-0.39, 0.29) is 29.2 Å². The zero-order chi connectivity index (χ0) is 31.2. The number of fused-ring (bicyclic) bond motifs is 2. The van der Waals surface area contributed by atoms with E-state index < -0.39 is 30.5 Å². The predicted molar refractivity (Wildman–Crippen MR) is 165 cm³/mol. The SMILES string of the molecule is CCN1CCC(c2ccc(-c3cc4c(c(C(F)F)c3)CN(C(C(=O)Nc3nccs3)c3ncn5c3CCC5)C4=O)cc2)[C@@H](F)C1. The van der Waals surface area contributed by atoms with Crippen LogP contribution in [0.15, 0.2) is 54.3 Å². The molecule has 0 radical (unpaired) electrons. The number of nitrogens with zero attached hydrogens (tertiary/aromatic N) is 5. The zero-order valence-corrected chi connectivity index (χ0v) is 25.6. The lowest BCUT2D eigenvalue weighted by atomic mass is 9.86. The molecule has 2 amide bonds. The highest BCUT2D eigenvalue weighted by Gasteiger charge is 2.42. The third-order valence-corrected chi connectivity index (χ3v) is 10.0. The molecule has 2 aromatic carbocycles. The van der Waals surface area contributed by atoms with E-state index in [2.05, 4.69) is 20.2 Å². The van der Waals surface area contributed by atoms with Crippen molar-refractivity contribution in [3.05, 3.63) is 87.9 Å². The predicted octanol–water partition coefficient (Wildman–Crippen LogP) is 6.37. The number of benzene rings is 2. The average molecular weight is 635 g/mol. The molecule has 5 heterocycles. The molecule has 4 aromatic rings. The number of alkyl halides is 3. The molecule has 234 valence electrons. The van der Waals surface area contributed by atoms with Crippen molar-refractivity contribution in [3.63, 3.8) is 0 Å². The molecule has 0 bridgehead atoms. The van der Waals surface area contributed by atoms with Crippen LogP contribution in [0.25, 0.3) is 11.1 Å². The summed E-state index contributed by atoms with van der Waals surface area (Å²) in [6.45, 7) is 4.68. The summed E-state index contributed by atoms with van der Waals surface area (Å²) in [5, 5.41) is 4.89. The molecule has 3 aliphatic heterocycles. The number of thiazole rings is 1. The Morgan fingerprint density at radius 3 is 2.67 bits per heavy atom. The average Bonchev–Trinajstić information content (AvgIpc) is 3.85. The molecule has 45 heavy (non-hydrogen) atoms. The fourth-order valence-electron chi connectivity index (χ4n) is 6.99. The highest BCUT2D eigenvalue weighted by molar-refractivity contribution is 7.13. The number of carbonyl (C=O) groups excluding carboxylic acids is 2. The van der Waals surface area contributed by atoms with Crippen LogP contribution in [0.3, 0.4) is 0 Å². The van der Waals surface area contributed by atoms with Crippen LogP contribution < -0.4 is 5.32 Å². The summed E-state index contributed by atoms with van der Waals surface area (Å²) in [7, 11) is 0.